The smallest absolute Gasteiger partial charge is 0.322 e. The molecule has 0 saturated carbocycles. The molecular formula is C17H16ClNO6. The van der Waals surface area contributed by atoms with Crippen molar-refractivity contribution in [3.63, 3.8) is 0 Å². The van der Waals surface area contributed by atoms with Crippen LogP contribution in [0.25, 0.3) is 5.76 Å². The summed E-state index contributed by atoms with van der Waals surface area (Å²) in [6, 6.07) is 4.76. The summed E-state index contributed by atoms with van der Waals surface area (Å²) in [6.07, 6.45) is 1.09. The topological polar surface area (TPSA) is 113 Å². The highest BCUT2D eigenvalue weighted by atomic mass is 35.5. The van der Waals surface area contributed by atoms with Crippen LogP contribution in [0.4, 0.5) is 0 Å². The zero-order chi connectivity index (χ0) is 18.2. The number of carboxylic acids is 1. The summed E-state index contributed by atoms with van der Waals surface area (Å²) in [5, 5.41) is 21.7. The van der Waals surface area contributed by atoms with Gasteiger partial charge in [0.25, 0.3) is 5.91 Å². The van der Waals surface area contributed by atoms with Crippen LogP contribution in [0.15, 0.2) is 23.8 Å². The molecule has 1 atom stereocenters. The summed E-state index contributed by atoms with van der Waals surface area (Å²) < 4.78 is 5.50. The first kappa shape index (κ1) is 17.4. The Bertz CT molecular complexity index is 794. The summed E-state index contributed by atoms with van der Waals surface area (Å²) in [4.78, 5) is 36.1. The van der Waals surface area contributed by atoms with Gasteiger partial charge in [0.2, 0.25) is 0 Å². The van der Waals surface area contributed by atoms with E-state index in [0.29, 0.717) is 30.0 Å². The standard InChI is InChI=1S/C17H16ClNO6/c18-9-2-3-11-10(6-9)14(22)13(16(24)19-7-12(20)21)15(23)17(11)4-1-5-25-8-17/h2-3,6,22H,1,4-5,7-8H2,(H,19,24)(H,20,21)/t17-/m0/s1. The number of carbonyl (C=O) groups excluding carboxylic acids is 2. The Kier molecular flexibility index (Phi) is 4.53. The summed E-state index contributed by atoms with van der Waals surface area (Å²) in [5.41, 5.74) is -0.686. The van der Waals surface area contributed by atoms with Gasteiger partial charge in [-0.1, -0.05) is 17.7 Å². The van der Waals surface area contributed by atoms with Gasteiger partial charge >= 0.3 is 5.97 Å². The van der Waals surface area contributed by atoms with Crippen LogP contribution in [0.5, 0.6) is 0 Å². The van der Waals surface area contributed by atoms with Crippen molar-refractivity contribution in [1.29, 1.82) is 0 Å². The average molecular weight is 366 g/mol. The Morgan fingerprint density at radius 3 is 2.76 bits per heavy atom. The number of aliphatic hydroxyl groups excluding tert-OH is 1. The molecule has 0 unspecified atom stereocenters. The first-order valence-electron chi connectivity index (χ1n) is 7.73. The maximum atomic E-state index is 13.1. The molecule has 0 aromatic heterocycles. The lowest BCUT2D eigenvalue weighted by molar-refractivity contribution is -0.138. The van der Waals surface area contributed by atoms with Crippen LogP contribution >= 0.6 is 11.6 Å². The third kappa shape index (κ3) is 2.89. The molecule has 25 heavy (non-hydrogen) atoms. The highest BCUT2D eigenvalue weighted by Gasteiger charge is 2.50. The molecule has 1 aromatic carbocycles. The number of nitrogens with one attached hydrogen (secondary N) is 1. The molecule has 8 heteroatoms. The van der Waals surface area contributed by atoms with Crippen LogP contribution in [0.2, 0.25) is 5.02 Å². The van der Waals surface area contributed by atoms with E-state index in [2.05, 4.69) is 5.32 Å². The molecule has 0 bridgehead atoms. The third-order valence-electron chi connectivity index (χ3n) is 4.52. The molecule has 1 fully saturated rings. The Morgan fingerprint density at radius 2 is 2.12 bits per heavy atom. The van der Waals surface area contributed by atoms with E-state index in [-0.39, 0.29) is 12.2 Å². The normalized spacial score (nSPS) is 22.7. The second kappa shape index (κ2) is 6.50. The number of rotatable bonds is 3. The highest BCUT2D eigenvalue weighted by molar-refractivity contribution is 6.32. The van der Waals surface area contributed by atoms with Crippen molar-refractivity contribution in [1.82, 2.24) is 5.32 Å². The van der Waals surface area contributed by atoms with E-state index in [4.69, 9.17) is 21.4 Å². The van der Waals surface area contributed by atoms with Gasteiger partial charge in [0.15, 0.2) is 5.78 Å². The van der Waals surface area contributed by atoms with E-state index in [1.807, 2.05) is 0 Å². The summed E-state index contributed by atoms with van der Waals surface area (Å²) in [5.74, 6) is -3.25. The number of amides is 1. The number of Topliss-reactive ketones (excluding diaryl/α,β-unsaturated/α-hetero) is 1. The van der Waals surface area contributed by atoms with Crippen molar-refractivity contribution in [3.8, 4) is 0 Å². The Balaban J connectivity index is 2.14. The maximum Gasteiger partial charge on any atom is 0.322 e. The Hall–Kier alpha value is -2.38. The number of aliphatic carboxylic acids is 1. The second-order valence-electron chi connectivity index (χ2n) is 6.06. The average Bonchev–Trinajstić information content (AvgIpc) is 2.59. The van der Waals surface area contributed by atoms with Gasteiger partial charge in [0.1, 0.15) is 17.9 Å². The summed E-state index contributed by atoms with van der Waals surface area (Å²) in [6.45, 7) is -0.0630. The molecule has 0 radical (unpaired) electrons. The fourth-order valence-corrected chi connectivity index (χ4v) is 3.55. The van der Waals surface area contributed by atoms with Crippen molar-refractivity contribution >= 4 is 35.0 Å². The van der Waals surface area contributed by atoms with Gasteiger partial charge in [0, 0.05) is 17.2 Å². The minimum Gasteiger partial charge on any atom is -0.506 e. The number of hydrogen-bond acceptors (Lipinski definition) is 5. The van der Waals surface area contributed by atoms with E-state index < -0.39 is 41.0 Å². The van der Waals surface area contributed by atoms with E-state index in [1.54, 1.807) is 12.1 Å². The van der Waals surface area contributed by atoms with Crippen LogP contribution < -0.4 is 5.32 Å². The Labute approximate surface area is 148 Å². The second-order valence-corrected chi connectivity index (χ2v) is 6.49. The molecular weight excluding hydrogens is 350 g/mol. The lowest BCUT2D eigenvalue weighted by Gasteiger charge is -2.40. The number of halogens is 1. The number of ether oxygens (including phenoxy) is 1. The molecule has 1 aliphatic carbocycles. The molecule has 2 aliphatic rings. The van der Waals surface area contributed by atoms with Crippen LogP contribution in [0.3, 0.4) is 0 Å². The van der Waals surface area contributed by atoms with Crippen molar-refractivity contribution in [2.75, 3.05) is 19.8 Å². The molecule has 1 saturated heterocycles. The van der Waals surface area contributed by atoms with E-state index in [1.165, 1.54) is 6.07 Å². The monoisotopic (exact) mass is 365 g/mol. The number of benzene rings is 1. The number of fused-ring (bicyclic) bond motifs is 2. The molecule has 1 amide bonds. The predicted molar refractivity (Wildman–Crippen MR) is 88.4 cm³/mol. The summed E-state index contributed by atoms with van der Waals surface area (Å²) in [7, 11) is 0. The Morgan fingerprint density at radius 1 is 1.36 bits per heavy atom. The molecule has 3 rings (SSSR count). The van der Waals surface area contributed by atoms with Gasteiger partial charge in [0.05, 0.1) is 12.0 Å². The molecule has 1 heterocycles. The van der Waals surface area contributed by atoms with Crippen molar-refractivity contribution < 1.29 is 29.3 Å². The lowest BCUT2D eigenvalue weighted by Crippen LogP contribution is -2.49. The van der Waals surface area contributed by atoms with E-state index in [0.717, 1.165) is 0 Å². The number of carbonyl (C=O) groups is 3. The molecule has 132 valence electrons. The van der Waals surface area contributed by atoms with Crippen molar-refractivity contribution in [3.05, 3.63) is 39.9 Å². The highest BCUT2D eigenvalue weighted by Crippen LogP contribution is 2.45. The van der Waals surface area contributed by atoms with Gasteiger partial charge < -0.3 is 20.3 Å². The fraction of sp³-hybridized carbons (Fsp3) is 0.353. The third-order valence-corrected chi connectivity index (χ3v) is 4.75. The minimum atomic E-state index is -1.25. The zero-order valence-corrected chi connectivity index (χ0v) is 13.9. The first-order valence-corrected chi connectivity index (χ1v) is 8.11. The fourth-order valence-electron chi connectivity index (χ4n) is 3.37. The minimum absolute atomic E-state index is 0.0868. The van der Waals surface area contributed by atoms with Crippen LogP contribution in [-0.2, 0) is 24.5 Å². The van der Waals surface area contributed by atoms with Gasteiger partial charge in [-0.2, -0.15) is 0 Å². The van der Waals surface area contributed by atoms with Crippen molar-refractivity contribution in [2.45, 2.75) is 18.3 Å². The molecule has 1 spiro atoms. The molecule has 1 aliphatic heterocycles. The largest absolute Gasteiger partial charge is 0.506 e. The van der Waals surface area contributed by atoms with Crippen LogP contribution in [-0.4, -0.2) is 47.6 Å². The number of ketones is 1. The number of aliphatic hydroxyl groups is 1. The molecule has 3 N–H and O–H groups in total. The van der Waals surface area contributed by atoms with E-state index in [9.17, 15) is 19.5 Å². The van der Waals surface area contributed by atoms with Gasteiger partial charge in [-0.15, -0.1) is 0 Å². The SMILES string of the molecule is O=C(O)CNC(=O)C1=C(O)c2cc(Cl)ccc2[C@@]2(CCCOC2)C1=O. The number of hydrogen-bond donors (Lipinski definition) is 3. The predicted octanol–water partition coefficient (Wildman–Crippen LogP) is 1.44. The van der Waals surface area contributed by atoms with Crippen molar-refractivity contribution in [2.24, 2.45) is 0 Å². The molecule has 7 nitrogen and oxygen atoms in total. The van der Waals surface area contributed by atoms with Crippen LogP contribution in [0, 0.1) is 0 Å². The van der Waals surface area contributed by atoms with Gasteiger partial charge in [-0.25, -0.2) is 0 Å². The van der Waals surface area contributed by atoms with Gasteiger partial charge in [-0.05, 0) is 30.5 Å². The number of carboxylic acid groups (broad SMARTS) is 1. The zero-order valence-electron chi connectivity index (χ0n) is 13.2. The van der Waals surface area contributed by atoms with Gasteiger partial charge in [-0.3, -0.25) is 14.4 Å². The first-order chi connectivity index (χ1) is 11.9. The maximum absolute atomic E-state index is 13.1. The quantitative estimate of drug-likeness (QED) is 0.698. The lowest BCUT2D eigenvalue weighted by atomic mass is 9.65. The van der Waals surface area contributed by atoms with Crippen LogP contribution in [0.1, 0.15) is 24.0 Å². The molecule has 1 aromatic rings. The van der Waals surface area contributed by atoms with E-state index >= 15 is 0 Å². The summed E-state index contributed by atoms with van der Waals surface area (Å²) >= 11 is 6.01.